The molecular weight excluding hydrogens is 194 g/mol. The molecule has 0 fully saturated rings. The molecule has 0 saturated carbocycles. The van der Waals surface area contributed by atoms with Crippen molar-refractivity contribution < 1.29 is 9.90 Å². The molecule has 0 spiro atoms. The molecule has 1 heterocycles. The Kier molecular flexibility index (Phi) is 2.04. The van der Waals surface area contributed by atoms with Crippen molar-refractivity contribution in [3.05, 3.63) is 45.9 Å². The number of H-pyrrole nitrogens is 1. The van der Waals surface area contributed by atoms with Crippen LogP contribution in [-0.4, -0.2) is 16.1 Å². The Bertz CT molecular complexity index is 598. The van der Waals surface area contributed by atoms with E-state index >= 15 is 0 Å². The summed E-state index contributed by atoms with van der Waals surface area (Å²) < 4.78 is 0. The first kappa shape index (κ1) is 9.45. The van der Waals surface area contributed by atoms with E-state index in [1.54, 1.807) is 12.1 Å². The van der Waals surface area contributed by atoms with E-state index in [0.29, 0.717) is 10.8 Å². The predicted octanol–water partition coefficient (Wildman–Crippen LogP) is 1.53. The van der Waals surface area contributed by atoms with Crippen molar-refractivity contribution in [1.29, 1.82) is 0 Å². The molecule has 2 aromatic rings. The standard InChI is InChI=1S/C11H9NO3/c1-6-2-3-7-5-9(11(14)15)12-10(13)8(7)4-6/h2-5H,1H3,(H,12,13)(H,14,15). The van der Waals surface area contributed by atoms with Crippen molar-refractivity contribution in [2.24, 2.45) is 0 Å². The molecule has 0 unspecified atom stereocenters. The van der Waals surface area contributed by atoms with Crippen LogP contribution in [0.2, 0.25) is 0 Å². The monoisotopic (exact) mass is 203 g/mol. The normalized spacial score (nSPS) is 10.5. The Hall–Kier alpha value is -2.10. The van der Waals surface area contributed by atoms with Gasteiger partial charge in [0.15, 0.2) is 0 Å². The summed E-state index contributed by atoms with van der Waals surface area (Å²) in [6.45, 7) is 1.88. The number of nitrogens with one attached hydrogen (secondary N) is 1. The highest BCUT2D eigenvalue weighted by molar-refractivity contribution is 5.91. The van der Waals surface area contributed by atoms with Crippen LogP contribution in [0.4, 0.5) is 0 Å². The number of fused-ring (bicyclic) bond motifs is 1. The summed E-state index contributed by atoms with van der Waals surface area (Å²) in [6, 6.07) is 6.78. The Labute approximate surface area is 85.2 Å². The van der Waals surface area contributed by atoms with Gasteiger partial charge < -0.3 is 10.1 Å². The van der Waals surface area contributed by atoms with Crippen molar-refractivity contribution >= 4 is 16.7 Å². The lowest BCUT2D eigenvalue weighted by atomic mass is 10.1. The zero-order chi connectivity index (χ0) is 11.0. The summed E-state index contributed by atoms with van der Waals surface area (Å²) in [7, 11) is 0. The number of aromatic carboxylic acids is 1. The fourth-order valence-corrected chi connectivity index (χ4v) is 1.49. The Morgan fingerprint density at radius 2 is 2.07 bits per heavy atom. The van der Waals surface area contributed by atoms with Crippen molar-refractivity contribution in [2.75, 3.05) is 0 Å². The van der Waals surface area contributed by atoms with Gasteiger partial charge in [-0.15, -0.1) is 0 Å². The van der Waals surface area contributed by atoms with Gasteiger partial charge in [0, 0.05) is 5.39 Å². The van der Waals surface area contributed by atoms with Gasteiger partial charge in [0.1, 0.15) is 5.69 Å². The van der Waals surface area contributed by atoms with Crippen LogP contribution in [0.5, 0.6) is 0 Å². The molecule has 1 aromatic carbocycles. The Morgan fingerprint density at radius 1 is 1.33 bits per heavy atom. The number of aromatic nitrogens is 1. The van der Waals surface area contributed by atoms with E-state index in [1.165, 1.54) is 6.07 Å². The molecule has 2 N–H and O–H groups in total. The maximum Gasteiger partial charge on any atom is 0.352 e. The minimum absolute atomic E-state index is 0.0867. The first-order chi connectivity index (χ1) is 7.08. The molecule has 0 amide bonds. The van der Waals surface area contributed by atoms with Crippen LogP contribution in [0.3, 0.4) is 0 Å². The summed E-state index contributed by atoms with van der Waals surface area (Å²) in [6.07, 6.45) is 0. The number of carboxylic acid groups (broad SMARTS) is 1. The quantitative estimate of drug-likeness (QED) is 0.738. The maximum absolute atomic E-state index is 11.5. The number of hydrogen-bond acceptors (Lipinski definition) is 2. The summed E-state index contributed by atoms with van der Waals surface area (Å²) in [4.78, 5) is 24.6. The topological polar surface area (TPSA) is 70.2 Å². The van der Waals surface area contributed by atoms with Crippen LogP contribution >= 0.6 is 0 Å². The minimum atomic E-state index is -1.13. The van der Waals surface area contributed by atoms with Gasteiger partial charge in [0.25, 0.3) is 5.56 Å². The Balaban J connectivity index is 2.84. The molecule has 2 rings (SSSR count). The zero-order valence-corrected chi connectivity index (χ0v) is 8.07. The largest absolute Gasteiger partial charge is 0.477 e. The number of hydrogen-bond donors (Lipinski definition) is 2. The first-order valence-corrected chi connectivity index (χ1v) is 4.45. The molecule has 0 aliphatic carbocycles. The SMILES string of the molecule is Cc1ccc2cc(C(=O)O)[nH]c(=O)c2c1. The second-order valence-corrected chi connectivity index (χ2v) is 3.41. The molecule has 4 nitrogen and oxygen atoms in total. The second-order valence-electron chi connectivity index (χ2n) is 3.41. The lowest BCUT2D eigenvalue weighted by Gasteiger charge is -2.00. The van der Waals surface area contributed by atoms with Crippen molar-refractivity contribution in [3.8, 4) is 0 Å². The predicted molar refractivity (Wildman–Crippen MR) is 56.3 cm³/mol. The molecule has 1 aromatic heterocycles. The van der Waals surface area contributed by atoms with Gasteiger partial charge in [0.2, 0.25) is 0 Å². The molecule has 15 heavy (non-hydrogen) atoms. The van der Waals surface area contributed by atoms with Crippen LogP contribution in [0.1, 0.15) is 16.1 Å². The fourth-order valence-electron chi connectivity index (χ4n) is 1.49. The van der Waals surface area contributed by atoms with Crippen LogP contribution < -0.4 is 5.56 Å². The second kappa shape index (κ2) is 3.24. The summed E-state index contributed by atoms with van der Waals surface area (Å²) in [5, 5.41) is 9.91. The van der Waals surface area contributed by atoms with E-state index < -0.39 is 5.97 Å². The van der Waals surface area contributed by atoms with Crippen molar-refractivity contribution in [2.45, 2.75) is 6.92 Å². The number of aromatic amines is 1. The highest BCUT2D eigenvalue weighted by atomic mass is 16.4. The summed E-state index contributed by atoms with van der Waals surface area (Å²) in [5.41, 5.74) is 0.515. The van der Waals surface area contributed by atoms with Crippen molar-refractivity contribution in [1.82, 2.24) is 4.98 Å². The van der Waals surface area contributed by atoms with Gasteiger partial charge in [-0.05, 0) is 24.4 Å². The third-order valence-corrected chi connectivity index (χ3v) is 2.23. The molecule has 0 aliphatic heterocycles. The average molecular weight is 203 g/mol. The molecule has 0 bridgehead atoms. The molecule has 0 atom stereocenters. The first-order valence-electron chi connectivity index (χ1n) is 4.45. The fraction of sp³-hybridized carbons (Fsp3) is 0.0909. The molecule has 0 saturated heterocycles. The highest BCUT2D eigenvalue weighted by Crippen LogP contribution is 2.12. The van der Waals surface area contributed by atoms with Gasteiger partial charge in [-0.25, -0.2) is 4.79 Å². The number of carbonyl (C=O) groups is 1. The summed E-state index contributed by atoms with van der Waals surface area (Å²) in [5.74, 6) is -1.13. The van der Waals surface area contributed by atoms with Crippen LogP contribution in [0.15, 0.2) is 29.1 Å². The molecule has 0 aliphatic rings. The van der Waals surface area contributed by atoms with Gasteiger partial charge in [0.05, 0.1) is 0 Å². The highest BCUT2D eigenvalue weighted by Gasteiger charge is 2.07. The smallest absolute Gasteiger partial charge is 0.352 e. The third kappa shape index (κ3) is 1.61. The van der Waals surface area contributed by atoms with E-state index in [9.17, 15) is 9.59 Å². The number of carboxylic acids is 1. The van der Waals surface area contributed by atoms with E-state index in [0.717, 1.165) is 5.56 Å². The Morgan fingerprint density at radius 3 is 2.73 bits per heavy atom. The lowest BCUT2D eigenvalue weighted by Crippen LogP contribution is -2.12. The van der Waals surface area contributed by atoms with E-state index in [4.69, 9.17) is 5.11 Å². The van der Waals surface area contributed by atoms with E-state index in [2.05, 4.69) is 4.98 Å². The lowest BCUT2D eigenvalue weighted by molar-refractivity contribution is 0.0690. The number of rotatable bonds is 1. The van der Waals surface area contributed by atoms with Gasteiger partial charge in [-0.3, -0.25) is 4.79 Å². The molecule has 4 heteroatoms. The molecular formula is C11H9NO3. The number of benzene rings is 1. The van der Waals surface area contributed by atoms with E-state index in [-0.39, 0.29) is 11.3 Å². The van der Waals surface area contributed by atoms with Crippen LogP contribution in [0.25, 0.3) is 10.8 Å². The number of pyridine rings is 1. The van der Waals surface area contributed by atoms with E-state index in [1.807, 2.05) is 13.0 Å². The van der Waals surface area contributed by atoms with Crippen LogP contribution in [-0.2, 0) is 0 Å². The van der Waals surface area contributed by atoms with Gasteiger partial charge in [-0.2, -0.15) is 0 Å². The molecule has 0 radical (unpaired) electrons. The van der Waals surface area contributed by atoms with Gasteiger partial charge >= 0.3 is 5.97 Å². The average Bonchev–Trinajstić information content (AvgIpc) is 2.18. The van der Waals surface area contributed by atoms with Crippen LogP contribution in [0, 0.1) is 6.92 Å². The minimum Gasteiger partial charge on any atom is -0.477 e. The number of aryl methyl sites for hydroxylation is 1. The third-order valence-electron chi connectivity index (χ3n) is 2.23. The zero-order valence-electron chi connectivity index (χ0n) is 8.07. The molecule has 76 valence electrons. The summed E-state index contributed by atoms with van der Waals surface area (Å²) >= 11 is 0. The van der Waals surface area contributed by atoms with Crippen molar-refractivity contribution in [3.63, 3.8) is 0 Å². The maximum atomic E-state index is 11.5. The van der Waals surface area contributed by atoms with Gasteiger partial charge in [-0.1, -0.05) is 17.7 Å².